The van der Waals surface area contributed by atoms with Gasteiger partial charge in [-0.05, 0) is 35.9 Å². The van der Waals surface area contributed by atoms with Crippen LogP contribution in [0.3, 0.4) is 0 Å². The molecule has 3 aromatic rings. The predicted octanol–water partition coefficient (Wildman–Crippen LogP) is 2.03. The first-order valence-corrected chi connectivity index (χ1v) is 9.52. The SMILES string of the molecule is O=C(CN1C(=O)C(Oc2ccccc2)C1c1cccnc1)NCCn1cccc1. The molecule has 2 aromatic heterocycles. The molecule has 1 aromatic carbocycles. The van der Waals surface area contributed by atoms with Gasteiger partial charge in [0.25, 0.3) is 5.91 Å². The summed E-state index contributed by atoms with van der Waals surface area (Å²) in [5, 5.41) is 2.87. The van der Waals surface area contributed by atoms with Gasteiger partial charge in [-0.1, -0.05) is 24.3 Å². The molecule has 0 bridgehead atoms. The first-order valence-electron chi connectivity index (χ1n) is 9.52. The highest BCUT2D eigenvalue weighted by molar-refractivity contribution is 5.93. The lowest BCUT2D eigenvalue weighted by Gasteiger charge is -2.46. The summed E-state index contributed by atoms with van der Waals surface area (Å²) in [5.41, 5.74) is 0.841. The van der Waals surface area contributed by atoms with E-state index in [-0.39, 0.29) is 24.4 Å². The number of likely N-dealkylation sites (tertiary alicyclic amines) is 1. The van der Waals surface area contributed by atoms with Crippen molar-refractivity contribution in [3.8, 4) is 5.75 Å². The Morgan fingerprint density at radius 3 is 2.59 bits per heavy atom. The van der Waals surface area contributed by atoms with Crippen LogP contribution >= 0.6 is 0 Å². The maximum absolute atomic E-state index is 12.7. The number of amides is 2. The molecule has 3 heterocycles. The molecular weight excluding hydrogens is 368 g/mol. The average Bonchev–Trinajstić information content (AvgIpc) is 3.27. The summed E-state index contributed by atoms with van der Waals surface area (Å²) in [4.78, 5) is 30.8. The molecule has 2 unspecified atom stereocenters. The summed E-state index contributed by atoms with van der Waals surface area (Å²) in [5.74, 6) is 0.219. The minimum Gasteiger partial charge on any atom is -0.478 e. The number of aromatic nitrogens is 2. The van der Waals surface area contributed by atoms with Crippen molar-refractivity contribution >= 4 is 11.8 Å². The van der Waals surface area contributed by atoms with Gasteiger partial charge >= 0.3 is 0 Å². The number of hydrogen-bond donors (Lipinski definition) is 1. The van der Waals surface area contributed by atoms with E-state index >= 15 is 0 Å². The Hall–Kier alpha value is -3.61. The van der Waals surface area contributed by atoms with Gasteiger partial charge < -0.3 is 19.5 Å². The molecule has 148 valence electrons. The van der Waals surface area contributed by atoms with E-state index in [0.717, 1.165) is 5.56 Å². The van der Waals surface area contributed by atoms with Crippen molar-refractivity contribution in [3.63, 3.8) is 0 Å². The van der Waals surface area contributed by atoms with Crippen LogP contribution in [0.25, 0.3) is 0 Å². The zero-order valence-electron chi connectivity index (χ0n) is 15.8. The second-order valence-corrected chi connectivity index (χ2v) is 6.82. The van der Waals surface area contributed by atoms with Crippen LogP contribution in [0.4, 0.5) is 0 Å². The number of pyridine rings is 1. The number of carbonyl (C=O) groups excluding carboxylic acids is 2. The van der Waals surface area contributed by atoms with Crippen molar-refractivity contribution in [2.75, 3.05) is 13.1 Å². The van der Waals surface area contributed by atoms with Gasteiger partial charge in [0.2, 0.25) is 12.0 Å². The standard InChI is InChI=1S/C22H22N4O3/c27-19(24-11-14-25-12-4-5-13-25)16-26-20(17-7-6-10-23-15-17)21(22(26)28)29-18-8-2-1-3-9-18/h1-10,12-13,15,20-21H,11,14,16H2,(H,24,27). The quantitative estimate of drug-likeness (QED) is 0.597. The van der Waals surface area contributed by atoms with E-state index in [1.807, 2.05) is 71.6 Å². The predicted molar refractivity (Wildman–Crippen MR) is 107 cm³/mol. The Balaban J connectivity index is 1.41. The Labute approximate surface area is 168 Å². The van der Waals surface area contributed by atoms with Crippen LogP contribution in [0.5, 0.6) is 5.75 Å². The summed E-state index contributed by atoms with van der Waals surface area (Å²) in [6.07, 6.45) is 6.59. The van der Waals surface area contributed by atoms with Crippen LogP contribution in [0.1, 0.15) is 11.6 Å². The fourth-order valence-corrected chi connectivity index (χ4v) is 3.41. The van der Waals surface area contributed by atoms with Crippen molar-refractivity contribution in [3.05, 3.63) is 84.9 Å². The van der Waals surface area contributed by atoms with Crippen LogP contribution in [-0.2, 0) is 16.1 Å². The van der Waals surface area contributed by atoms with Crippen molar-refractivity contribution in [2.24, 2.45) is 0 Å². The fraction of sp³-hybridized carbons (Fsp3) is 0.227. The van der Waals surface area contributed by atoms with Gasteiger partial charge in [-0.2, -0.15) is 0 Å². The van der Waals surface area contributed by atoms with Gasteiger partial charge in [-0.3, -0.25) is 14.6 Å². The van der Waals surface area contributed by atoms with E-state index in [4.69, 9.17) is 4.74 Å². The van der Waals surface area contributed by atoms with E-state index < -0.39 is 6.10 Å². The molecule has 0 radical (unpaired) electrons. The van der Waals surface area contributed by atoms with E-state index in [1.165, 1.54) is 4.90 Å². The molecule has 1 N–H and O–H groups in total. The Kier molecular flexibility index (Phi) is 5.56. The Morgan fingerprint density at radius 1 is 1.07 bits per heavy atom. The maximum Gasteiger partial charge on any atom is 0.267 e. The molecule has 0 saturated carbocycles. The zero-order valence-corrected chi connectivity index (χ0v) is 15.8. The molecule has 0 aliphatic carbocycles. The third-order valence-electron chi connectivity index (χ3n) is 4.85. The average molecular weight is 390 g/mol. The van der Waals surface area contributed by atoms with E-state index in [1.54, 1.807) is 12.4 Å². The molecule has 0 spiro atoms. The van der Waals surface area contributed by atoms with E-state index in [9.17, 15) is 9.59 Å². The highest BCUT2D eigenvalue weighted by Crippen LogP contribution is 2.37. The third-order valence-corrected chi connectivity index (χ3v) is 4.85. The first-order chi connectivity index (χ1) is 14.2. The van der Waals surface area contributed by atoms with Crippen LogP contribution in [0.15, 0.2) is 79.4 Å². The molecule has 1 aliphatic heterocycles. The van der Waals surface area contributed by atoms with Gasteiger partial charge in [0.1, 0.15) is 18.3 Å². The summed E-state index contributed by atoms with van der Waals surface area (Å²) in [6, 6.07) is 16.4. The number of para-hydroxylation sites is 1. The summed E-state index contributed by atoms with van der Waals surface area (Å²) in [6.45, 7) is 1.16. The monoisotopic (exact) mass is 390 g/mol. The maximum atomic E-state index is 12.7. The van der Waals surface area contributed by atoms with Gasteiger partial charge in [0, 0.05) is 37.9 Å². The van der Waals surface area contributed by atoms with E-state index in [2.05, 4.69) is 10.3 Å². The Bertz CT molecular complexity index is 945. The van der Waals surface area contributed by atoms with Crippen LogP contribution in [0.2, 0.25) is 0 Å². The summed E-state index contributed by atoms with van der Waals surface area (Å²) in [7, 11) is 0. The van der Waals surface area contributed by atoms with Crippen LogP contribution < -0.4 is 10.1 Å². The molecule has 1 fully saturated rings. The van der Waals surface area contributed by atoms with Crippen molar-refractivity contribution in [2.45, 2.75) is 18.7 Å². The molecule has 2 atom stereocenters. The van der Waals surface area contributed by atoms with Crippen molar-refractivity contribution < 1.29 is 14.3 Å². The third kappa shape index (κ3) is 4.29. The summed E-state index contributed by atoms with van der Waals surface area (Å²) < 4.78 is 7.90. The number of β-lactam (4-membered cyclic amide) rings is 1. The number of nitrogens with one attached hydrogen (secondary N) is 1. The number of hydrogen-bond acceptors (Lipinski definition) is 4. The van der Waals surface area contributed by atoms with Gasteiger partial charge in [-0.15, -0.1) is 0 Å². The van der Waals surface area contributed by atoms with Crippen LogP contribution in [-0.4, -0.2) is 45.5 Å². The second kappa shape index (κ2) is 8.60. The topological polar surface area (TPSA) is 76.5 Å². The van der Waals surface area contributed by atoms with Crippen LogP contribution in [0, 0.1) is 0 Å². The minimum atomic E-state index is -0.672. The lowest BCUT2D eigenvalue weighted by molar-refractivity contribution is -0.166. The second-order valence-electron chi connectivity index (χ2n) is 6.82. The van der Waals surface area contributed by atoms with Crippen molar-refractivity contribution in [1.29, 1.82) is 0 Å². The Morgan fingerprint density at radius 2 is 1.86 bits per heavy atom. The van der Waals surface area contributed by atoms with Gasteiger partial charge in [-0.25, -0.2) is 0 Å². The number of benzene rings is 1. The zero-order chi connectivity index (χ0) is 20.1. The normalized spacial score (nSPS) is 18.2. The molecule has 7 heteroatoms. The molecular formula is C22H22N4O3. The smallest absolute Gasteiger partial charge is 0.267 e. The van der Waals surface area contributed by atoms with Gasteiger partial charge in [0.15, 0.2) is 0 Å². The number of rotatable bonds is 8. The first kappa shape index (κ1) is 18.7. The van der Waals surface area contributed by atoms with Crippen molar-refractivity contribution in [1.82, 2.24) is 19.8 Å². The number of ether oxygens (including phenoxy) is 1. The number of nitrogens with zero attached hydrogens (tertiary/aromatic N) is 3. The summed E-state index contributed by atoms with van der Waals surface area (Å²) >= 11 is 0. The molecule has 1 aliphatic rings. The molecule has 4 rings (SSSR count). The van der Waals surface area contributed by atoms with Gasteiger partial charge in [0.05, 0.1) is 0 Å². The highest BCUT2D eigenvalue weighted by Gasteiger charge is 2.50. The molecule has 7 nitrogen and oxygen atoms in total. The lowest BCUT2D eigenvalue weighted by atomic mass is 9.91. The fourth-order valence-electron chi connectivity index (χ4n) is 3.41. The lowest BCUT2D eigenvalue weighted by Crippen LogP contribution is -2.63. The molecule has 2 amide bonds. The highest BCUT2D eigenvalue weighted by atomic mass is 16.5. The number of carbonyl (C=O) groups is 2. The van der Waals surface area contributed by atoms with E-state index in [0.29, 0.717) is 18.8 Å². The molecule has 29 heavy (non-hydrogen) atoms. The minimum absolute atomic E-state index is 0.0152. The largest absolute Gasteiger partial charge is 0.478 e. The molecule has 1 saturated heterocycles.